The molecule has 0 aromatic carbocycles. The Hall–Kier alpha value is -0.190. The van der Waals surface area contributed by atoms with Crippen molar-refractivity contribution in [3.63, 3.8) is 0 Å². The Morgan fingerprint density at radius 2 is 1.88 bits per heavy atom. The molecule has 0 radical (unpaired) electrons. The standard InChI is InChI=1S/C12H26N2OS/c1-10(2)9-15-8-7-14(11(3)4)6-5-12(13)16/h10-11H,5-9H2,1-4H3,(H2,13,16). The van der Waals surface area contributed by atoms with E-state index in [9.17, 15) is 0 Å². The smallest absolute Gasteiger partial charge is 0.0740 e. The average molecular weight is 246 g/mol. The molecule has 0 aromatic rings. The number of hydrogen-bond donors (Lipinski definition) is 1. The van der Waals surface area contributed by atoms with Crippen LogP contribution in [-0.2, 0) is 4.74 Å². The summed E-state index contributed by atoms with van der Waals surface area (Å²) < 4.78 is 5.58. The third-order valence-electron chi connectivity index (χ3n) is 2.35. The highest BCUT2D eigenvalue weighted by Gasteiger charge is 2.09. The Morgan fingerprint density at radius 3 is 2.31 bits per heavy atom. The highest BCUT2D eigenvalue weighted by molar-refractivity contribution is 7.80. The summed E-state index contributed by atoms with van der Waals surface area (Å²) in [7, 11) is 0. The lowest BCUT2D eigenvalue weighted by atomic mass is 10.2. The molecule has 3 nitrogen and oxygen atoms in total. The van der Waals surface area contributed by atoms with Gasteiger partial charge in [-0.1, -0.05) is 26.1 Å². The molecule has 0 amide bonds. The summed E-state index contributed by atoms with van der Waals surface area (Å²) in [6, 6.07) is 0.511. The van der Waals surface area contributed by atoms with Crippen molar-refractivity contribution in [1.29, 1.82) is 0 Å². The van der Waals surface area contributed by atoms with Crippen molar-refractivity contribution in [3.8, 4) is 0 Å². The predicted molar refractivity (Wildman–Crippen MR) is 73.8 cm³/mol. The minimum Gasteiger partial charge on any atom is -0.393 e. The van der Waals surface area contributed by atoms with Crippen molar-refractivity contribution < 1.29 is 4.74 Å². The lowest BCUT2D eigenvalue weighted by Crippen LogP contribution is -2.36. The van der Waals surface area contributed by atoms with Crippen LogP contribution in [0.25, 0.3) is 0 Å². The number of hydrogen-bond acceptors (Lipinski definition) is 3. The van der Waals surface area contributed by atoms with E-state index >= 15 is 0 Å². The van der Waals surface area contributed by atoms with Gasteiger partial charge < -0.3 is 10.5 Å². The Morgan fingerprint density at radius 1 is 1.25 bits per heavy atom. The maximum Gasteiger partial charge on any atom is 0.0740 e. The van der Waals surface area contributed by atoms with Crippen molar-refractivity contribution >= 4 is 17.2 Å². The fourth-order valence-electron chi connectivity index (χ4n) is 1.38. The molecule has 0 aromatic heterocycles. The van der Waals surface area contributed by atoms with Gasteiger partial charge >= 0.3 is 0 Å². The number of ether oxygens (including phenoxy) is 1. The summed E-state index contributed by atoms with van der Waals surface area (Å²) in [5.41, 5.74) is 5.51. The summed E-state index contributed by atoms with van der Waals surface area (Å²) >= 11 is 4.89. The van der Waals surface area contributed by atoms with Gasteiger partial charge in [0.2, 0.25) is 0 Å². The minimum atomic E-state index is 0.511. The van der Waals surface area contributed by atoms with Gasteiger partial charge in [0.05, 0.1) is 11.6 Å². The molecule has 0 heterocycles. The molecule has 0 fully saturated rings. The first-order valence-corrected chi connectivity index (χ1v) is 6.44. The molecule has 0 spiro atoms. The molecule has 0 saturated carbocycles. The maximum absolute atomic E-state index is 5.58. The van der Waals surface area contributed by atoms with Gasteiger partial charge in [0.1, 0.15) is 0 Å². The van der Waals surface area contributed by atoms with Crippen LogP contribution in [0.5, 0.6) is 0 Å². The summed E-state index contributed by atoms with van der Waals surface area (Å²) in [4.78, 5) is 2.94. The van der Waals surface area contributed by atoms with E-state index in [1.165, 1.54) is 0 Å². The molecule has 0 aliphatic heterocycles. The van der Waals surface area contributed by atoms with Crippen LogP contribution >= 0.6 is 12.2 Å². The van der Waals surface area contributed by atoms with E-state index in [-0.39, 0.29) is 0 Å². The molecular formula is C12H26N2OS. The molecule has 0 aliphatic rings. The Kier molecular flexibility index (Phi) is 8.80. The van der Waals surface area contributed by atoms with Crippen molar-refractivity contribution in [2.75, 3.05) is 26.3 Å². The summed E-state index contributed by atoms with van der Waals surface area (Å²) in [5, 5.41) is 0. The molecule has 0 atom stereocenters. The van der Waals surface area contributed by atoms with E-state index in [2.05, 4.69) is 32.6 Å². The van der Waals surface area contributed by atoms with E-state index in [4.69, 9.17) is 22.7 Å². The van der Waals surface area contributed by atoms with Crippen molar-refractivity contribution in [2.24, 2.45) is 11.7 Å². The first-order chi connectivity index (χ1) is 7.43. The van der Waals surface area contributed by atoms with Gasteiger partial charge in [0, 0.05) is 32.2 Å². The third-order valence-corrected chi connectivity index (χ3v) is 2.55. The molecule has 0 saturated heterocycles. The molecule has 0 aliphatic carbocycles. The van der Waals surface area contributed by atoms with E-state index in [0.29, 0.717) is 16.9 Å². The van der Waals surface area contributed by atoms with E-state index in [1.807, 2.05) is 0 Å². The topological polar surface area (TPSA) is 38.5 Å². The highest BCUT2D eigenvalue weighted by atomic mass is 32.1. The molecule has 4 heteroatoms. The van der Waals surface area contributed by atoms with E-state index in [1.54, 1.807) is 0 Å². The van der Waals surface area contributed by atoms with Crippen LogP contribution in [0.15, 0.2) is 0 Å². The van der Waals surface area contributed by atoms with Gasteiger partial charge in [-0.15, -0.1) is 0 Å². The van der Waals surface area contributed by atoms with Gasteiger partial charge in [0.15, 0.2) is 0 Å². The fraction of sp³-hybridized carbons (Fsp3) is 0.917. The van der Waals surface area contributed by atoms with Crippen LogP contribution < -0.4 is 5.73 Å². The predicted octanol–water partition coefficient (Wildman–Crippen LogP) is 2.05. The lowest BCUT2D eigenvalue weighted by Gasteiger charge is -2.26. The van der Waals surface area contributed by atoms with Gasteiger partial charge in [-0.2, -0.15) is 0 Å². The molecular weight excluding hydrogens is 220 g/mol. The molecule has 0 bridgehead atoms. The van der Waals surface area contributed by atoms with Gasteiger partial charge in [-0.25, -0.2) is 0 Å². The fourth-order valence-corrected chi connectivity index (χ4v) is 1.47. The van der Waals surface area contributed by atoms with Crippen LogP contribution in [0.2, 0.25) is 0 Å². The SMILES string of the molecule is CC(C)COCCN(CCC(N)=S)C(C)C. The zero-order chi connectivity index (χ0) is 12.6. The normalized spacial score (nSPS) is 11.7. The van der Waals surface area contributed by atoms with Gasteiger partial charge in [-0.05, 0) is 19.8 Å². The molecule has 0 unspecified atom stereocenters. The number of nitrogens with two attached hydrogens (primary N) is 1. The third kappa shape index (κ3) is 9.07. The van der Waals surface area contributed by atoms with Crippen molar-refractivity contribution in [2.45, 2.75) is 40.2 Å². The van der Waals surface area contributed by atoms with Gasteiger partial charge in [0.25, 0.3) is 0 Å². The molecule has 96 valence electrons. The number of rotatable bonds is 9. The Labute approximate surface area is 105 Å². The number of thiocarbonyl (C=S) groups is 1. The largest absolute Gasteiger partial charge is 0.393 e. The summed E-state index contributed by atoms with van der Waals surface area (Å²) in [5.74, 6) is 0.601. The molecule has 16 heavy (non-hydrogen) atoms. The van der Waals surface area contributed by atoms with Crippen molar-refractivity contribution in [1.82, 2.24) is 4.90 Å². The average Bonchev–Trinajstić information content (AvgIpc) is 2.15. The zero-order valence-corrected chi connectivity index (χ0v) is 11.8. The van der Waals surface area contributed by atoms with Crippen LogP contribution in [0.3, 0.4) is 0 Å². The summed E-state index contributed by atoms with van der Waals surface area (Å²) in [6.07, 6.45) is 0.789. The zero-order valence-electron chi connectivity index (χ0n) is 11.0. The number of nitrogens with zero attached hydrogens (tertiary/aromatic N) is 1. The van der Waals surface area contributed by atoms with E-state index < -0.39 is 0 Å². The second-order valence-corrected chi connectivity index (χ2v) is 5.34. The Bertz CT molecular complexity index is 195. The minimum absolute atomic E-state index is 0.511. The van der Waals surface area contributed by atoms with Crippen LogP contribution in [-0.4, -0.2) is 42.2 Å². The van der Waals surface area contributed by atoms with E-state index in [0.717, 1.165) is 32.7 Å². The quantitative estimate of drug-likeness (QED) is 0.499. The van der Waals surface area contributed by atoms with Crippen LogP contribution in [0.4, 0.5) is 0 Å². The first kappa shape index (κ1) is 15.8. The van der Waals surface area contributed by atoms with Gasteiger partial charge in [-0.3, -0.25) is 4.90 Å². The second-order valence-electron chi connectivity index (χ2n) is 4.81. The summed E-state index contributed by atoms with van der Waals surface area (Å²) in [6.45, 7) is 12.2. The van der Waals surface area contributed by atoms with Crippen molar-refractivity contribution in [3.05, 3.63) is 0 Å². The first-order valence-electron chi connectivity index (χ1n) is 6.03. The van der Waals surface area contributed by atoms with Crippen LogP contribution in [0, 0.1) is 5.92 Å². The lowest BCUT2D eigenvalue weighted by molar-refractivity contribution is 0.0777. The molecule has 2 N–H and O–H groups in total. The highest BCUT2D eigenvalue weighted by Crippen LogP contribution is 2.00. The monoisotopic (exact) mass is 246 g/mol. The Balaban J connectivity index is 3.72. The van der Waals surface area contributed by atoms with Crippen LogP contribution in [0.1, 0.15) is 34.1 Å². The maximum atomic E-state index is 5.58. The second kappa shape index (κ2) is 8.90. The molecule has 0 rings (SSSR count).